The van der Waals surface area contributed by atoms with E-state index in [0.717, 1.165) is 24.3 Å². The van der Waals surface area contributed by atoms with E-state index in [1.54, 1.807) is 0 Å². The van der Waals surface area contributed by atoms with Crippen LogP contribution in [0.25, 0.3) is 0 Å². The van der Waals surface area contributed by atoms with E-state index >= 15 is 0 Å². The molecule has 2 rings (SSSR count). The van der Waals surface area contributed by atoms with Gasteiger partial charge in [-0.2, -0.15) is 0 Å². The maximum Gasteiger partial charge on any atom is 0.229 e. The number of carbonyl (C=O) groups is 1. The summed E-state index contributed by atoms with van der Waals surface area (Å²) in [6.45, 7) is 7.08. The van der Waals surface area contributed by atoms with Crippen molar-refractivity contribution in [3.05, 3.63) is 23.8 Å². The van der Waals surface area contributed by atoms with Crippen LogP contribution >= 0.6 is 0 Å². The molecule has 0 fully saturated rings. The van der Waals surface area contributed by atoms with Crippen LogP contribution in [-0.4, -0.2) is 12.5 Å². The molecular formula is C14H20N2O. The Hall–Kier alpha value is -1.51. The molecule has 0 bridgehead atoms. The Bertz CT molecular complexity index is 426. The second kappa shape index (κ2) is 4.78. The van der Waals surface area contributed by atoms with Crippen LogP contribution in [0, 0.1) is 18.8 Å². The third kappa shape index (κ3) is 2.60. The van der Waals surface area contributed by atoms with Crippen LogP contribution < -0.4 is 10.6 Å². The first-order chi connectivity index (χ1) is 8.08. The zero-order valence-electron chi connectivity index (χ0n) is 10.7. The smallest absolute Gasteiger partial charge is 0.229 e. The third-order valence-corrected chi connectivity index (χ3v) is 3.18. The topological polar surface area (TPSA) is 41.1 Å². The normalized spacial score (nSPS) is 19.3. The molecule has 0 aromatic heterocycles. The van der Waals surface area contributed by atoms with Gasteiger partial charge < -0.3 is 10.6 Å². The Morgan fingerprint density at radius 3 is 2.88 bits per heavy atom. The molecule has 3 heteroatoms. The standard InChI is InChI=1S/C14H20N2O/c1-9(2)7-11-8-15-13-10(3)5-4-6-12(13)16-14(11)17/h4-6,9,11,15H,7-8H2,1-3H3,(H,16,17). The van der Waals surface area contributed by atoms with Crippen LogP contribution in [0.1, 0.15) is 25.8 Å². The molecule has 1 amide bonds. The van der Waals surface area contributed by atoms with Gasteiger partial charge in [0.15, 0.2) is 0 Å². The van der Waals surface area contributed by atoms with Crippen molar-refractivity contribution >= 4 is 17.3 Å². The number of para-hydroxylation sites is 1. The van der Waals surface area contributed by atoms with Crippen molar-refractivity contribution in [2.75, 3.05) is 17.2 Å². The van der Waals surface area contributed by atoms with E-state index in [2.05, 4.69) is 37.5 Å². The number of hydrogen-bond acceptors (Lipinski definition) is 2. The van der Waals surface area contributed by atoms with Crippen molar-refractivity contribution in [3.8, 4) is 0 Å². The fourth-order valence-electron chi connectivity index (χ4n) is 2.32. The van der Waals surface area contributed by atoms with E-state index in [4.69, 9.17) is 0 Å². The van der Waals surface area contributed by atoms with Gasteiger partial charge in [-0.3, -0.25) is 4.79 Å². The van der Waals surface area contributed by atoms with E-state index in [1.807, 2.05) is 12.1 Å². The van der Waals surface area contributed by atoms with E-state index in [0.29, 0.717) is 5.92 Å². The molecule has 1 aliphatic rings. The van der Waals surface area contributed by atoms with Crippen molar-refractivity contribution in [1.82, 2.24) is 0 Å². The fraction of sp³-hybridized carbons (Fsp3) is 0.500. The van der Waals surface area contributed by atoms with Crippen molar-refractivity contribution in [1.29, 1.82) is 0 Å². The zero-order valence-corrected chi connectivity index (χ0v) is 10.7. The van der Waals surface area contributed by atoms with Gasteiger partial charge in [-0.15, -0.1) is 0 Å². The summed E-state index contributed by atoms with van der Waals surface area (Å²) in [5.41, 5.74) is 3.14. The first-order valence-corrected chi connectivity index (χ1v) is 6.22. The Balaban J connectivity index is 2.22. The number of benzene rings is 1. The molecule has 1 aromatic carbocycles. The van der Waals surface area contributed by atoms with E-state index < -0.39 is 0 Å². The summed E-state index contributed by atoms with van der Waals surface area (Å²) in [4.78, 5) is 12.1. The van der Waals surface area contributed by atoms with E-state index in [-0.39, 0.29) is 11.8 Å². The first-order valence-electron chi connectivity index (χ1n) is 6.22. The molecule has 1 aromatic rings. The van der Waals surface area contributed by atoms with E-state index in [9.17, 15) is 4.79 Å². The van der Waals surface area contributed by atoms with Crippen molar-refractivity contribution in [2.24, 2.45) is 11.8 Å². The minimum absolute atomic E-state index is 0.0572. The molecule has 1 aliphatic heterocycles. The quantitative estimate of drug-likeness (QED) is 0.823. The minimum atomic E-state index is 0.0572. The van der Waals surface area contributed by atoms with Crippen molar-refractivity contribution in [3.63, 3.8) is 0 Å². The number of rotatable bonds is 2. The number of hydrogen-bond donors (Lipinski definition) is 2. The van der Waals surface area contributed by atoms with Gasteiger partial charge in [-0.05, 0) is 30.9 Å². The average Bonchev–Trinajstić information content (AvgIpc) is 2.39. The zero-order chi connectivity index (χ0) is 12.4. The number of anilines is 2. The molecule has 0 spiro atoms. The Kier molecular flexibility index (Phi) is 3.36. The second-order valence-corrected chi connectivity index (χ2v) is 5.19. The molecule has 2 N–H and O–H groups in total. The highest BCUT2D eigenvalue weighted by molar-refractivity contribution is 5.98. The number of nitrogens with one attached hydrogen (secondary N) is 2. The van der Waals surface area contributed by atoms with Crippen LogP contribution in [0.5, 0.6) is 0 Å². The fourth-order valence-corrected chi connectivity index (χ4v) is 2.32. The van der Waals surface area contributed by atoms with Gasteiger partial charge in [0.05, 0.1) is 17.3 Å². The molecule has 0 radical (unpaired) electrons. The van der Waals surface area contributed by atoms with Crippen molar-refractivity contribution < 1.29 is 4.79 Å². The Labute approximate surface area is 103 Å². The van der Waals surface area contributed by atoms with Gasteiger partial charge in [0, 0.05) is 6.54 Å². The van der Waals surface area contributed by atoms with E-state index in [1.165, 1.54) is 5.56 Å². The van der Waals surface area contributed by atoms with Crippen LogP contribution in [0.4, 0.5) is 11.4 Å². The molecule has 0 saturated carbocycles. The highest BCUT2D eigenvalue weighted by Gasteiger charge is 2.24. The maximum absolute atomic E-state index is 12.1. The van der Waals surface area contributed by atoms with Gasteiger partial charge in [0.1, 0.15) is 0 Å². The van der Waals surface area contributed by atoms with Crippen molar-refractivity contribution in [2.45, 2.75) is 27.2 Å². The molecule has 0 aliphatic carbocycles. The average molecular weight is 232 g/mol. The minimum Gasteiger partial charge on any atom is -0.382 e. The summed E-state index contributed by atoms with van der Waals surface area (Å²) in [5.74, 6) is 0.729. The third-order valence-electron chi connectivity index (χ3n) is 3.18. The molecule has 1 heterocycles. The van der Waals surface area contributed by atoms with Gasteiger partial charge in [-0.1, -0.05) is 26.0 Å². The molecule has 92 valence electrons. The molecule has 0 saturated heterocycles. The lowest BCUT2D eigenvalue weighted by atomic mass is 9.96. The highest BCUT2D eigenvalue weighted by atomic mass is 16.1. The summed E-state index contributed by atoms with van der Waals surface area (Å²) >= 11 is 0. The lowest BCUT2D eigenvalue weighted by molar-refractivity contribution is -0.119. The van der Waals surface area contributed by atoms with Crippen LogP contribution in [0.15, 0.2) is 18.2 Å². The highest BCUT2D eigenvalue weighted by Crippen LogP contribution is 2.29. The summed E-state index contributed by atoms with van der Waals surface area (Å²) in [7, 11) is 0. The first kappa shape index (κ1) is 12.0. The molecule has 1 atom stereocenters. The van der Waals surface area contributed by atoms with Gasteiger partial charge in [0.2, 0.25) is 5.91 Å². The summed E-state index contributed by atoms with van der Waals surface area (Å²) in [6.07, 6.45) is 0.922. The number of carbonyl (C=O) groups excluding carboxylic acids is 1. The monoisotopic (exact) mass is 232 g/mol. The summed E-state index contributed by atoms with van der Waals surface area (Å²) in [5, 5.41) is 6.41. The van der Waals surface area contributed by atoms with Gasteiger partial charge in [-0.25, -0.2) is 0 Å². The Morgan fingerprint density at radius 2 is 2.18 bits per heavy atom. The van der Waals surface area contributed by atoms with Gasteiger partial charge in [0.25, 0.3) is 0 Å². The summed E-state index contributed by atoms with van der Waals surface area (Å²) in [6, 6.07) is 5.98. The number of amides is 1. The van der Waals surface area contributed by atoms with Crippen LogP contribution in [0.2, 0.25) is 0 Å². The predicted molar refractivity (Wildman–Crippen MR) is 71.2 cm³/mol. The number of aryl methyl sites for hydroxylation is 1. The predicted octanol–water partition coefficient (Wildman–Crippen LogP) is 3.02. The summed E-state index contributed by atoms with van der Waals surface area (Å²) < 4.78 is 0. The lowest BCUT2D eigenvalue weighted by Gasteiger charge is -2.15. The molecule has 3 nitrogen and oxygen atoms in total. The number of fused-ring (bicyclic) bond motifs is 1. The van der Waals surface area contributed by atoms with Gasteiger partial charge >= 0.3 is 0 Å². The molecule has 1 unspecified atom stereocenters. The maximum atomic E-state index is 12.1. The largest absolute Gasteiger partial charge is 0.382 e. The second-order valence-electron chi connectivity index (χ2n) is 5.19. The molecular weight excluding hydrogens is 212 g/mol. The molecule has 17 heavy (non-hydrogen) atoms. The van der Waals surface area contributed by atoms with Crippen LogP contribution in [-0.2, 0) is 4.79 Å². The lowest BCUT2D eigenvalue weighted by Crippen LogP contribution is -2.27. The van der Waals surface area contributed by atoms with Crippen LogP contribution in [0.3, 0.4) is 0 Å². The Morgan fingerprint density at radius 1 is 1.41 bits per heavy atom. The SMILES string of the molecule is Cc1cccc2c1NCC(CC(C)C)C(=O)N2.